The van der Waals surface area contributed by atoms with Crippen molar-refractivity contribution < 1.29 is 19.8 Å². The van der Waals surface area contributed by atoms with E-state index in [0.29, 0.717) is 0 Å². The van der Waals surface area contributed by atoms with Crippen molar-refractivity contribution in [3.63, 3.8) is 0 Å². The minimum absolute atomic E-state index is 0.0959. The Morgan fingerprint density at radius 3 is 0.688 bits per heavy atom. The Hall–Kier alpha value is -5.42. The molecule has 8 aromatic carbocycles. The van der Waals surface area contributed by atoms with Gasteiger partial charge < -0.3 is 0 Å². The standard InChI is InChI=1S/2C31H32GeO2.2C4H9.Sn/c2*1-22-5-13-26(14-6-22)30(21-31(33)34)32(27-15-7-23(2)8-16-27,28-17-9-24(3)10-18-28)29-19-11-25(4)12-20-29;2*1-3-4-2;/h2*5-20,30H,21H2,1-4H3,(H,33,34);2*1,3-4H2,2H3;. The van der Waals surface area contributed by atoms with E-state index in [9.17, 15) is 19.8 Å². The Morgan fingerprint density at radius 2 is 0.519 bits per heavy atom. The van der Waals surface area contributed by atoms with Crippen molar-refractivity contribution in [2.75, 3.05) is 0 Å². The fraction of sp³-hybridized carbons (Fsp3) is 0.286. The summed E-state index contributed by atoms with van der Waals surface area (Å²) in [7, 11) is 0. The molecule has 2 N–H and O–H groups in total. The Balaban J connectivity index is 0.000000215. The molecule has 398 valence electrons. The number of unbranched alkanes of at least 4 members (excludes halogenated alkanes) is 2. The number of carbonyl (C=O) groups is 2. The first kappa shape index (κ1) is 60.8. The number of carboxylic acid groups (broad SMARTS) is 2. The molecule has 0 heterocycles. The van der Waals surface area contributed by atoms with Crippen molar-refractivity contribution >= 4 is 86.0 Å². The zero-order chi connectivity index (χ0) is 55.5. The fourth-order valence-corrected chi connectivity index (χ4v) is 37.9. The molecule has 8 aromatic rings. The molecule has 0 spiro atoms. The molecule has 77 heavy (non-hydrogen) atoms. The Morgan fingerprint density at radius 1 is 0.338 bits per heavy atom. The summed E-state index contributed by atoms with van der Waals surface area (Å²) in [4.78, 5) is 24.8. The van der Waals surface area contributed by atoms with Crippen LogP contribution in [-0.2, 0) is 9.59 Å². The number of aliphatic carboxylic acids is 2. The maximum absolute atomic E-state index is 12.4. The van der Waals surface area contributed by atoms with E-state index in [1.165, 1.54) is 96.6 Å². The molecule has 0 aliphatic carbocycles. The number of benzene rings is 8. The van der Waals surface area contributed by atoms with Gasteiger partial charge in [0.1, 0.15) is 0 Å². The van der Waals surface area contributed by atoms with E-state index in [2.05, 4.69) is 263 Å². The summed E-state index contributed by atoms with van der Waals surface area (Å²) in [5, 5.41) is 20.3. The molecule has 0 aliphatic heterocycles. The molecule has 0 aliphatic rings. The van der Waals surface area contributed by atoms with Crippen LogP contribution in [0.1, 0.15) is 118 Å². The van der Waals surface area contributed by atoms with Gasteiger partial charge in [-0.05, 0) is 0 Å². The summed E-state index contributed by atoms with van der Waals surface area (Å²) in [6.07, 6.45) is 6.03. The first-order valence-corrected chi connectivity index (χ1v) is 40.5. The van der Waals surface area contributed by atoms with Crippen LogP contribution in [-0.4, -0.2) is 69.8 Å². The number of aryl methyl sites for hydroxylation is 8. The van der Waals surface area contributed by atoms with Gasteiger partial charge in [0.25, 0.3) is 0 Å². The number of rotatable bonds is 20. The normalized spacial score (nSPS) is 12.1. The van der Waals surface area contributed by atoms with E-state index in [4.69, 9.17) is 0 Å². The van der Waals surface area contributed by atoms with Gasteiger partial charge in [-0.15, -0.1) is 0 Å². The molecule has 4 nitrogen and oxygen atoms in total. The minimum atomic E-state index is -3.58. The van der Waals surface area contributed by atoms with E-state index in [-0.39, 0.29) is 43.5 Å². The monoisotopic (exact) mass is 1250 g/mol. The third-order valence-corrected chi connectivity index (χ3v) is 41.6. The van der Waals surface area contributed by atoms with Gasteiger partial charge in [-0.3, -0.25) is 0 Å². The third kappa shape index (κ3) is 15.9. The predicted molar refractivity (Wildman–Crippen MR) is 334 cm³/mol. The molecule has 2 radical (unpaired) electrons. The molecule has 2 atom stereocenters. The molecule has 0 bridgehead atoms. The molecular weight excluding hydrogens is 1170 g/mol. The zero-order valence-corrected chi connectivity index (χ0v) is 54.5. The van der Waals surface area contributed by atoms with E-state index in [0.717, 1.165) is 11.1 Å². The Kier molecular flexibility index (Phi) is 23.3. The van der Waals surface area contributed by atoms with E-state index in [1.54, 1.807) is 8.87 Å². The second-order valence-electron chi connectivity index (χ2n) is 21.4. The Labute approximate surface area is 477 Å². The molecule has 0 saturated heterocycles. The maximum atomic E-state index is 12.4. The molecule has 7 heteroatoms. The van der Waals surface area contributed by atoms with Crippen LogP contribution in [0.2, 0.25) is 8.87 Å². The third-order valence-electron chi connectivity index (χ3n) is 15.2. The van der Waals surface area contributed by atoms with Gasteiger partial charge in [-0.25, -0.2) is 0 Å². The van der Waals surface area contributed by atoms with Gasteiger partial charge >= 0.3 is 482 Å². The van der Waals surface area contributed by atoms with Crippen LogP contribution in [0.25, 0.3) is 0 Å². The summed E-state index contributed by atoms with van der Waals surface area (Å²) in [5.41, 5.74) is 11.8. The van der Waals surface area contributed by atoms with Crippen LogP contribution in [0.3, 0.4) is 0 Å². The van der Waals surface area contributed by atoms with E-state index < -0.39 is 38.5 Å². The molecule has 0 fully saturated rings. The first-order chi connectivity index (χ1) is 37.0. The van der Waals surface area contributed by atoms with Gasteiger partial charge in [0, 0.05) is 0 Å². The van der Waals surface area contributed by atoms with Crippen LogP contribution in [0, 0.1) is 55.4 Å². The van der Waals surface area contributed by atoms with Gasteiger partial charge in [0.05, 0.1) is 0 Å². The number of hydrogen-bond donors (Lipinski definition) is 2. The van der Waals surface area contributed by atoms with Crippen LogP contribution in [0.5, 0.6) is 0 Å². The molecule has 8 rings (SSSR count). The summed E-state index contributed by atoms with van der Waals surface area (Å²) in [6.45, 7) is 21.3. The van der Waals surface area contributed by atoms with Crippen LogP contribution >= 0.6 is 0 Å². The van der Waals surface area contributed by atoms with Crippen LogP contribution < -0.4 is 26.4 Å². The molecular formula is C70H82Ge2O4Sn. The fourth-order valence-electron chi connectivity index (χ4n) is 10.8. The second kappa shape index (κ2) is 29.5. The Bertz CT molecular complexity index is 2630. The van der Waals surface area contributed by atoms with Gasteiger partial charge in [-0.1, -0.05) is 0 Å². The summed E-state index contributed by atoms with van der Waals surface area (Å²) < 4.78 is 10.7. The van der Waals surface area contributed by atoms with E-state index in [1.807, 2.05) is 0 Å². The SMILES string of the molecule is CCC[CH2][Sn][CH2]CCC.Cc1ccc([CH](CC(=O)O)[Ge]([c]2ccc(C)cc2)([c]2ccc(C)cc2)[c]2ccc(C)cc2)cc1.Cc1ccc([CH](CC(=O)O)[Ge]([c]2ccc(C)cc2)([c]2ccc(C)cc2)[c]2ccc(C)cc2)cc1. The van der Waals surface area contributed by atoms with Crippen LogP contribution in [0.4, 0.5) is 0 Å². The summed E-state index contributed by atoms with van der Waals surface area (Å²) in [5.74, 6) is -1.51. The average Bonchev–Trinajstić information content (AvgIpc) is 3.42. The van der Waals surface area contributed by atoms with E-state index >= 15 is 0 Å². The van der Waals surface area contributed by atoms with Crippen molar-refractivity contribution in [1.82, 2.24) is 0 Å². The van der Waals surface area contributed by atoms with Crippen molar-refractivity contribution in [2.45, 2.75) is 126 Å². The molecule has 0 amide bonds. The summed E-state index contributed by atoms with van der Waals surface area (Å²) in [6, 6.07) is 70.0. The summed E-state index contributed by atoms with van der Waals surface area (Å²) >= 11 is -7.00. The molecule has 2 unspecified atom stereocenters. The predicted octanol–water partition coefficient (Wildman–Crippen LogP) is 13.5. The zero-order valence-electron chi connectivity index (χ0n) is 47.5. The van der Waals surface area contributed by atoms with Crippen molar-refractivity contribution in [2.24, 2.45) is 0 Å². The molecule has 0 saturated carbocycles. The van der Waals surface area contributed by atoms with Crippen molar-refractivity contribution in [1.29, 1.82) is 0 Å². The quantitative estimate of drug-likeness (QED) is 0.0589. The van der Waals surface area contributed by atoms with Crippen LogP contribution in [0.15, 0.2) is 194 Å². The van der Waals surface area contributed by atoms with Gasteiger partial charge in [-0.2, -0.15) is 0 Å². The average molecular weight is 1250 g/mol. The van der Waals surface area contributed by atoms with Gasteiger partial charge in [0.15, 0.2) is 0 Å². The van der Waals surface area contributed by atoms with Gasteiger partial charge in [0.2, 0.25) is 0 Å². The number of hydrogen-bond acceptors (Lipinski definition) is 2. The topological polar surface area (TPSA) is 74.6 Å². The van der Waals surface area contributed by atoms with Crippen molar-refractivity contribution in [3.8, 4) is 0 Å². The first-order valence-electron chi connectivity index (χ1n) is 27.7. The molecule has 0 aromatic heterocycles. The number of carboxylic acids is 2. The second-order valence-corrected chi connectivity index (χ2v) is 42.6. The van der Waals surface area contributed by atoms with Crippen molar-refractivity contribution in [3.05, 3.63) is 250 Å².